The minimum absolute atomic E-state index is 0.353. The van der Waals surface area contributed by atoms with Crippen LogP contribution in [0.1, 0.15) is 13.8 Å². The highest BCUT2D eigenvalue weighted by Crippen LogP contribution is 2.12. The van der Waals surface area contributed by atoms with Crippen LogP contribution in [0.4, 0.5) is 0 Å². The van der Waals surface area contributed by atoms with E-state index in [-0.39, 0.29) is 0 Å². The molecule has 2 fully saturated rings. The molecule has 88 valence electrons. The van der Waals surface area contributed by atoms with Crippen molar-refractivity contribution in [2.75, 3.05) is 39.4 Å². The molecule has 4 nitrogen and oxygen atoms in total. The second-order valence-electron chi connectivity index (χ2n) is 4.64. The van der Waals surface area contributed by atoms with Gasteiger partial charge in [-0.25, -0.2) is 0 Å². The maximum atomic E-state index is 5.72. The topological polar surface area (TPSA) is 33.7 Å². The number of rotatable bonds is 2. The normalized spacial score (nSPS) is 39.2. The van der Waals surface area contributed by atoms with E-state index in [1.165, 1.54) is 0 Å². The molecule has 0 radical (unpaired) electrons. The minimum Gasteiger partial charge on any atom is -0.376 e. The van der Waals surface area contributed by atoms with Crippen LogP contribution >= 0.6 is 0 Å². The Morgan fingerprint density at radius 2 is 2.20 bits per heavy atom. The van der Waals surface area contributed by atoms with Crippen LogP contribution in [-0.2, 0) is 9.47 Å². The number of nitrogens with zero attached hydrogens (tertiary/aromatic N) is 1. The first-order valence-electron chi connectivity index (χ1n) is 5.93. The van der Waals surface area contributed by atoms with Crippen LogP contribution in [0, 0.1) is 0 Å². The van der Waals surface area contributed by atoms with Gasteiger partial charge in [-0.05, 0) is 13.8 Å². The van der Waals surface area contributed by atoms with Crippen LogP contribution in [0.3, 0.4) is 0 Å². The summed E-state index contributed by atoms with van der Waals surface area (Å²) in [6.07, 6.45) is 0.712. The van der Waals surface area contributed by atoms with Gasteiger partial charge < -0.3 is 14.8 Å². The molecule has 1 N–H and O–H groups in total. The molecule has 3 atom stereocenters. The number of ether oxygens (including phenoxy) is 2. The van der Waals surface area contributed by atoms with Crippen LogP contribution in [0.2, 0.25) is 0 Å². The van der Waals surface area contributed by atoms with Crippen LogP contribution in [-0.4, -0.2) is 62.5 Å². The lowest BCUT2D eigenvalue weighted by Gasteiger charge is -2.39. The van der Waals surface area contributed by atoms with E-state index < -0.39 is 0 Å². The SMILES string of the molecule is CC1CN(CC2CNCCO2)C(C)CO1. The molecule has 2 heterocycles. The summed E-state index contributed by atoms with van der Waals surface area (Å²) in [6.45, 7) is 10.1. The molecule has 0 aromatic carbocycles. The van der Waals surface area contributed by atoms with Gasteiger partial charge >= 0.3 is 0 Å². The Morgan fingerprint density at radius 1 is 1.33 bits per heavy atom. The van der Waals surface area contributed by atoms with Crippen molar-refractivity contribution >= 4 is 0 Å². The van der Waals surface area contributed by atoms with Crippen molar-refractivity contribution in [2.24, 2.45) is 0 Å². The van der Waals surface area contributed by atoms with Gasteiger partial charge in [-0.1, -0.05) is 0 Å². The van der Waals surface area contributed by atoms with Crippen LogP contribution in [0.15, 0.2) is 0 Å². The fourth-order valence-electron chi connectivity index (χ4n) is 2.22. The van der Waals surface area contributed by atoms with Gasteiger partial charge in [0.2, 0.25) is 0 Å². The summed E-state index contributed by atoms with van der Waals surface area (Å²) < 4.78 is 11.3. The highest BCUT2D eigenvalue weighted by Gasteiger charge is 2.26. The molecule has 2 rings (SSSR count). The van der Waals surface area contributed by atoms with Crippen LogP contribution in [0.5, 0.6) is 0 Å². The number of nitrogens with one attached hydrogen (secondary N) is 1. The van der Waals surface area contributed by atoms with E-state index in [1.807, 2.05) is 0 Å². The highest BCUT2D eigenvalue weighted by atomic mass is 16.5. The molecule has 0 amide bonds. The summed E-state index contributed by atoms with van der Waals surface area (Å²) in [5, 5.41) is 3.37. The highest BCUT2D eigenvalue weighted by molar-refractivity contribution is 4.79. The summed E-state index contributed by atoms with van der Waals surface area (Å²) in [4.78, 5) is 2.48. The molecule has 0 aliphatic carbocycles. The van der Waals surface area contributed by atoms with E-state index >= 15 is 0 Å². The largest absolute Gasteiger partial charge is 0.376 e. The van der Waals surface area contributed by atoms with Gasteiger partial charge in [0, 0.05) is 32.2 Å². The predicted molar refractivity (Wildman–Crippen MR) is 59.1 cm³/mol. The van der Waals surface area contributed by atoms with Crippen molar-refractivity contribution in [3.8, 4) is 0 Å². The third kappa shape index (κ3) is 3.14. The van der Waals surface area contributed by atoms with E-state index in [2.05, 4.69) is 24.1 Å². The first-order valence-corrected chi connectivity index (χ1v) is 5.93. The molecule has 0 saturated carbocycles. The van der Waals surface area contributed by atoms with Gasteiger partial charge in [-0.3, -0.25) is 4.90 Å². The average molecular weight is 214 g/mol. The van der Waals surface area contributed by atoms with Crippen molar-refractivity contribution in [3.05, 3.63) is 0 Å². The minimum atomic E-state index is 0.353. The summed E-state index contributed by atoms with van der Waals surface area (Å²) in [7, 11) is 0. The number of hydrogen-bond donors (Lipinski definition) is 1. The van der Waals surface area contributed by atoms with Crippen LogP contribution in [0.25, 0.3) is 0 Å². The quantitative estimate of drug-likeness (QED) is 0.706. The van der Waals surface area contributed by atoms with E-state index in [4.69, 9.17) is 9.47 Å². The summed E-state index contributed by atoms with van der Waals surface area (Å²) in [5.74, 6) is 0. The molecule has 2 aliphatic heterocycles. The Hall–Kier alpha value is -0.160. The van der Waals surface area contributed by atoms with E-state index in [0.717, 1.165) is 39.4 Å². The van der Waals surface area contributed by atoms with E-state index in [9.17, 15) is 0 Å². The molecule has 2 aliphatic rings. The molecule has 0 aromatic rings. The van der Waals surface area contributed by atoms with E-state index in [0.29, 0.717) is 18.2 Å². The molecular formula is C11H22N2O2. The zero-order valence-corrected chi connectivity index (χ0v) is 9.74. The first kappa shape index (κ1) is 11.3. The second-order valence-corrected chi connectivity index (χ2v) is 4.64. The monoisotopic (exact) mass is 214 g/mol. The Morgan fingerprint density at radius 3 is 2.93 bits per heavy atom. The van der Waals surface area contributed by atoms with E-state index in [1.54, 1.807) is 0 Å². The van der Waals surface area contributed by atoms with Gasteiger partial charge in [-0.15, -0.1) is 0 Å². The molecule has 0 aromatic heterocycles. The molecule has 0 spiro atoms. The summed E-state index contributed by atoms with van der Waals surface area (Å²) in [6, 6.07) is 0.520. The van der Waals surface area contributed by atoms with Crippen molar-refractivity contribution in [3.63, 3.8) is 0 Å². The lowest BCUT2D eigenvalue weighted by atomic mass is 10.1. The third-order valence-electron chi connectivity index (χ3n) is 3.18. The fourth-order valence-corrected chi connectivity index (χ4v) is 2.22. The van der Waals surface area contributed by atoms with Crippen LogP contribution < -0.4 is 5.32 Å². The number of morpholine rings is 2. The molecular weight excluding hydrogens is 192 g/mol. The standard InChI is InChI=1S/C11H22N2O2/c1-9-8-15-10(2)6-13(9)7-11-5-12-3-4-14-11/h9-12H,3-8H2,1-2H3. The van der Waals surface area contributed by atoms with Crippen molar-refractivity contribution in [1.82, 2.24) is 10.2 Å². The lowest BCUT2D eigenvalue weighted by Crippen LogP contribution is -2.53. The maximum Gasteiger partial charge on any atom is 0.0826 e. The van der Waals surface area contributed by atoms with Gasteiger partial charge in [-0.2, -0.15) is 0 Å². The smallest absolute Gasteiger partial charge is 0.0826 e. The zero-order chi connectivity index (χ0) is 10.7. The Kier molecular flexibility index (Phi) is 3.97. The predicted octanol–water partition coefficient (Wildman–Crippen LogP) is 0.0840. The lowest BCUT2D eigenvalue weighted by molar-refractivity contribution is -0.0745. The first-order chi connectivity index (χ1) is 7.25. The molecule has 15 heavy (non-hydrogen) atoms. The Bertz CT molecular complexity index is 195. The molecule has 0 bridgehead atoms. The van der Waals surface area contributed by atoms with Gasteiger partial charge in [0.05, 0.1) is 25.4 Å². The van der Waals surface area contributed by atoms with Gasteiger partial charge in [0.1, 0.15) is 0 Å². The average Bonchev–Trinajstić information content (AvgIpc) is 2.25. The van der Waals surface area contributed by atoms with Crippen molar-refractivity contribution in [2.45, 2.75) is 32.1 Å². The molecule has 3 unspecified atom stereocenters. The fraction of sp³-hybridized carbons (Fsp3) is 1.00. The second kappa shape index (κ2) is 5.25. The van der Waals surface area contributed by atoms with Gasteiger partial charge in [0.25, 0.3) is 0 Å². The zero-order valence-electron chi connectivity index (χ0n) is 9.74. The molecule has 2 saturated heterocycles. The van der Waals surface area contributed by atoms with Crippen molar-refractivity contribution < 1.29 is 9.47 Å². The summed E-state index contributed by atoms with van der Waals surface area (Å²) in [5.41, 5.74) is 0. The third-order valence-corrected chi connectivity index (χ3v) is 3.18. The Labute approximate surface area is 91.9 Å². The number of hydrogen-bond acceptors (Lipinski definition) is 4. The Balaban J connectivity index is 1.80. The van der Waals surface area contributed by atoms with Gasteiger partial charge in [0.15, 0.2) is 0 Å². The maximum absolute atomic E-state index is 5.72. The summed E-state index contributed by atoms with van der Waals surface area (Å²) >= 11 is 0. The van der Waals surface area contributed by atoms with Crippen molar-refractivity contribution in [1.29, 1.82) is 0 Å². The molecule has 4 heteroatoms.